The molecule has 0 fully saturated rings. The van der Waals surface area contributed by atoms with Crippen LogP contribution < -0.4 is 5.56 Å². The van der Waals surface area contributed by atoms with E-state index in [2.05, 4.69) is 59.4 Å². The summed E-state index contributed by atoms with van der Waals surface area (Å²) in [5.41, 5.74) is 1.44. The van der Waals surface area contributed by atoms with Gasteiger partial charge < -0.3 is 0 Å². The molecule has 0 N–H and O–H groups in total. The molecule has 0 saturated carbocycles. The van der Waals surface area contributed by atoms with Crippen molar-refractivity contribution >= 4 is 65.4 Å². The minimum atomic E-state index is -0.0604. The molecule has 1 aromatic heterocycles. The molecule has 0 radical (unpaired) electrons. The Kier molecular flexibility index (Phi) is 4.20. The van der Waals surface area contributed by atoms with E-state index in [0.29, 0.717) is 11.2 Å². The van der Waals surface area contributed by atoms with Crippen molar-refractivity contribution < 1.29 is 0 Å². The van der Waals surface area contributed by atoms with E-state index in [1.807, 2.05) is 43.3 Å². The van der Waals surface area contributed by atoms with E-state index < -0.39 is 0 Å². The molecule has 0 aliphatic heterocycles. The van der Waals surface area contributed by atoms with E-state index in [1.54, 1.807) is 4.57 Å². The first-order chi connectivity index (χ1) is 9.97. The second kappa shape index (κ2) is 5.81. The Labute approximate surface area is 151 Å². The van der Waals surface area contributed by atoms with Crippen LogP contribution in [0.4, 0.5) is 0 Å². The highest BCUT2D eigenvalue weighted by atomic mass is 127. The standard InChI is InChI=1S/C15H9Br2IN2O/c1-8-19-13-5-3-10(18)7-11(13)15(21)20(8)14-6-9(16)2-4-12(14)17/h2-7H,1H3. The van der Waals surface area contributed by atoms with Crippen molar-refractivity contribution in [2.24, 2.45) is 0 Å². The van der Waals surface area contributed by atoms with Gasteiger partial charge in [-0.25, -0.2) is 4.98 Å². The third kappa shape index (κ3) is 2.80. The molecule has 3 rings (SSSR count). The lowest BCUT2D eigenvalue weighted by Crippen LogP contribution is -2.22. The smallest absolute Gasteiger partial charge is 0.266 e. The normalized spacial score (nSPS) is 11.0. The van der Waals surface area contributed by atoms with Gasteiger partial charge in [-0.15, -0.1) is 0 Å². The van der Waals surface area contributed by atoms with Crippen LogP contribution >= 0.6 is 54.5 Å². The number of nitrogens with zero attached hydrogens (tertiary/aromatic N) is 2. The average Bonchev–Trinajstić information content (AvgIpc) is 2.44. The van der Waals surface area contributed by atoms with Gasteiger partial charge in [-0.1, -0.05) is 15.9 Å². The van der Waals surface area contributed by atoms with Crippen molar-refractivity contribution in [3.63, 3.8) is 0 Å². The van der Waals surface area contributed by atoms with E-state index in [0.717, 1.165) is 23.7 Å². The fourth-order valence-electron chi connectivity index (χ4n) is 2.21. The lowest BCUT2D eigenvalue weighted by molar-refractivity contribution is 0.890. The molecule has 0 aliphatic carbocycles. The first-order valence-electron chi connectivity index (χ1n) is 6.12. The molecule has 106 valence electrons. The van der Waals surface area contributed by atoms with Crippen molar-refractivity contribution in [2.75, 3.05) is 0 Å². The summed E-state index contributed by atoms with van der Waals surface area (Å²) in [4.78, 5) is 17.4. The Balaban J connectivity index is 2.42. The lowest BCUT2D eigenvalue weighted by atomic mass is 10.2. The topological polar surface area (TPSA) is 34.9 Å². The van der Waals surface area contributed by atoms with Gasteiger partial charge in [0.2, 0.25) is 0 Å². The highest BCUT2D eigenvalue weighted by Gasteiger charge is 2.12. The predicted molar refractivity (Wildman–Crippen MR) is 100 cm³/mol. The molecule has 0 spiro atoms. The number of aryl methyl sites for hydroxylation is 1. The molecule has 2 aromatic carbocycles. The molecule has 0 saturated heterocycles. The summed E-state index contributed by atoms with van der Waals surface area (Å²) in [6.45, 7) is 1.84. The van der Waals surface area contributed by atoms with Crippen LogP contribution in [0.15, 0.2) is 50.1 Å². The van der Waals surface area contributed by atoms with Crippen molar-refractivity contribution in [2.45, 2.75) is 6.92 Å². The maximum atomic E-state index is 12.8. The summed E-state index contributed by atoms with van der Waals surface area (Å²) in [5, 5.41) is 0.624. The van der Waals surface area contributed by atoms with Gasteiger partial charge in [0.1, 0.15) is 5.82 Å². The maximum absolute atomic E-state index is 12.8. The molecule has 21 heavy (non-hydrogen) atoms. The van der Waals surface area contributed by atoms with Crippen LogP contribution in [0, 0.1) is 10.5 Å². The Morgan fingerprint density at radius 3 is 2.67 bits per heavy atom. The van der Waals surface area contributed by atoms with Crippen LogP contribution in [-0.2, 0) is 0 Å². The van der Waals surface area contributed by atoms with Crippen molar-refractivity contribution in [3.05, 3.63) is 65.1 Å². The lowest BCUT2D eigenvalue weighted by Gasteiger charge is -2.13. The fourth-order valence-corrected chi connectivity index (χ4v) is 3.47. The van der Waals surface area contributed by atoms with Crippen LogP contribution in [0.1, 0.15) is 5.82 Å². The van der Waals surface area contributed by atoms with Gasteiger partial charge in [0.25, 0.3) is 5.56 Å². The molecule has 0 aliphatic rings. The van der Waals surface area contributed by atoms with Crippen LogP contribution in [0.3, 0.4) is 0 Å². The number of fused-ring (bicyclic) bond motifs is 1. The molecular formula is C15H9Br2IN2O. The zero-order chi connectivity index (χ0) is 15.1. The number of benzene rings is 2. The molecule has 6 heteroatoms. The Bertz CT molecular complexity index is 921. The summed E-state index contributed by atoms with van der Waals surface area (Å²) >= 11 is 9.15. The highest BCUT2D eigenvalue weighted by Crippen LogP contribution is 2.25. The molecule has 3 aromatic rings. The summed E-state index contributed by atoms with van der Waals surface area (Å²) in [5.74, 6) is 0.660. The Hall–Kier alpha value is -0.730. The molecule has 1 heterocycles. The van der Waals surface area contributed by atoms with Gasteiger partial charge in [-0.05, 0) is 81.8 Å². The fraction of sp³-hybridized carbons (Fsp3) is 0.0667. The van der Waals surface area contributed by atoms with Crippen molar-refractivity contribution in [1.29, 1.82) is 0 Å². The minimum Gasteiger partial charge on any atom is -0.268 e. The van der Waals surface area contributed by atoms with Gasteiger partial charge in [0.05, 0.1) is 16.6 Å². The summed E-state index contributed by atoms with van der Waals surface area (Å²) in [6.07, 6.45) is 0. The molecule has 0 bridgehead atoms. The first kappa shape index (κ1) is 15.2. The third-order valence-corrected chi connectivity index (χ3v) is 4.98. The largest absolute Gasteiger partial charge is 0.268 e. The van der Waals surface area contributed by atoms with Crippen LogP contribution in [-0.4, -0.2) is 9.55 Å². The Morgan fingerprint density at radius 1 is 1.14 bits per heavy atom. The van der Waals surface area contributed by atoms with Crippen LogP contribution in [0.25, 0.3) is 16.6 Å². The molecule has 0 atom stereocenters. The number of aromatic nitrogens is 2. The number of rotatable bonds is 1. The van der Waals surface area contributed by atoms with E-state index in [9.17, 15) is 4.79 Å². The van der Waals surface area contributed by atoms with E-state index >= 15 is 0 Å². The second-order valence-electron chi connectivity index (χ2n) is 4.56. The second-order valence-corrected chi connectivity index (χ2v) is 7.57. The average molecular weight is 520 g/mol. The van der Waals surface area contributed by atoms with E-state index in [4.69, 9.17) is 0 Å². The van der Waals surface area contributed by atoms with Crippen molar-refractivity contribution in [3.8, 4) is 5.69 Å². The molecule has 0 amide bonds. The van der Waals surface area contributed by atoms with Crippen LogP contribution in [0.5, 0.6) is 0 Å². The quantitative estimate of drug-likeness (QED) is 0.432. The molecule has 0 unspecified atom stereocenters. The van der Waals surface area contributed by atoms with Gasteiger partial charge >= 0.3 is 0 Å². The van der Waals surface area contributed by atoms with Crippen molar-refractivity contribution in [1.82, 2.24) is 9.55 Å². The van der Waals surface area contributed by atoms with Gasteiger partial charge in [0, 0.05) is 12.5 Å². The zero-order valence-corrected chi connectivity index (χ0v) is 16.2. The number of halogens is 3. The molecular weight excluding hydrogens is 511 g/mol. The van der Waals surface area contributed by atoms with Gasteiger partial charge in [-0.2, -0.15) is 0 Å². The maximum Gasteiger partial charge on any atom is 0.266 e. The first-order valence-corrected chi connectivity index (χ1v) is 8.78. The monoisotopic (exact) mass is 518 g/mol. The van der Waals surface area contributed by atoms with Gasteiger partial charge in [-0.3, -0.25) is 9.36 Å². The zero-order valence-electron chi connectivity index (χ0n) is 10.9. The van der Waals surface area contributed by atoms with Crippen LogP contribution in [0.2, 0.25) is 0 Å². The van der Waals surface area contributed by atoms with Gasteiger partial charge in [0.15, 0.2) is 0 Å². The SMILES string of the molecule is Cc1nc2ccc(I)cc2c(=O)n1-c1cc(Br)ccc1Br. The molecule has 3 nitrogen and oxygen atoms in total. The summed E-state index contributed by atoms with van der Waals surface area (Å²) in [7, 11) is 0. The number of hydrogen-bond acceptors (Lipinski definition) is 2. The van der Waals surface area contributed by atoms with E-state index in [-0.39, 0.29) is 5.56 Å². The summed E-state index contributed by atoms with van der Waals surface area (Å²) in [6, 6.07) is 11.4. The predicted octanol–water partition coefficient (Wildman–Crippen LogP) is 4.82. The third-order valence-electron chi connectivity index (χ3n) is 3.15. The highest BCUT2D eigenvalue weighted by molar-refractivity contribution is 14.1. The van der Waals surface area contributed by atoms with E-state index in [1.165, 1.54) is 0 Å². The summed E-state index contributed by atoms with van der Waals surface area (Å²) < 4.78 is 4.41. The Morgan fingerprint density at radius 2 is 1.90 bits per heavy atom. The number of hydrogen-bond donors (Lipinski definition) is 0. The minimum absolute atomic E-state index is 0.0604.